The van der Waals surface area contributed by atoms with Crippen molar-refractivity contribution in [3.05, 3.63) is 58.1 Å². The molecule has 2 aromatic rings. The van der Waals surface area contributed by atoms with Gasteiger partial charge in [-0.2, -0.15) is 0 Å². The Morgan fingerprint density at radius 3 is 2.48 bits per heavy atom. The number of ether oxygens (including phenoxy) is 3. The Labute approximate surface area is 153 Å². The molecule has 1 aliphatic rings. The van der Waals surface area contributed by atoms with Crippen LogP contribution in [0.25, 0.3) is 0 Å². The minimum Gasteiger partial charge on any atom is -0.486 e. The van der Waals surface area contributed by atoms with Gasteiger partial charge in [-0.3, -0.25) is 9.59 Å². The number of nitrogens with one attached hydrogen (secondary N) is 1. The van der Waals surface area contributed by atoms with E-state index in [2.05, 4.69) is 21.2 Å². The first-order valence-corrected chi connectivity index (χ1v) is 8.49. The zero-order valence-electron chi connectivity index (χ0n) is 13.3. The highest BCUT2D eigenvalue weighted by Gasteiger charge is 2.16. The average Bonchev–Trinajstić information content (AvgIpc) is 2.65. The maximum atomic E-state index is 11.9. The van der Waals surface area contributed by atoms with E-state index in [9.17, 15) is 9.59 Å². The van der Waals surface area contributed by atoms with Crippen LogP contribution in [0.15, 0.2) is 46.9 Å². The van der Waals surface area contributed by atoms with Gasteiger partial charge in [0.05, 0.1) is 0 Å². The third-order valence-corrected chi connectivity index (χ3v) is 4.27. The smallest absolute Gasteiger partial charge is 0.325 e. The highest BCUT2D eigenvalue weighted by molar-refractivity contribution is 9.10. The van der Waals surface area contributed by atoms with Crippen LogP contribution in [-0.2, 0) is 16.1 Å². The number of benzene rings is 2. The summed E-state index contributed by atoms with van der Waals surface area (Å²) in [7, 11) is 0. The fourth-order valence-electron chi connectivity index (χ4n) is 2.27. The van der Waals surface area contributed by atoms with E-state index in [0.717, 1.165) is 10.0 Å². The van der Waals surface area contributed by atoms with Crippen LogP contribution < -0.4 is 14.8 Å². The van der Waals surface area contributed by atoms with E-state index >= 15 is 0 Å². The molecule has 0 aromatic heterocycles. The average molecular weight is 406 g/mol. The Hall–Kier alpha value is -2.54. The number of rotatable bonds is 5. The lowest BCUT2D eigenvalue weighted by Crippen LogP contribution is -2.30. The minimum absolute atomic E-state index is 0.0667. The van der Waals surface area contributed by atoms with Gasteiger partial charge >= 0.3 is 5.97 Å². The second-order valence-corrected chi connectivity index (χ2v) is 6.15. The molecule has 0 saturated heterocycles. The second-order valence-electron chi connectivity index (χ2n) is 5.30. The molecule has 3 rings (SSSR count). The van der Waals surface area contributed by atoms with Crippen molar-refractivity contribution in [3.8, 4) is 11.5 Å². The van der Waals surface area contributed by atoms with Gasteiger partial charge in [-0.15, -0.1) is 0 Å². The molecule has 0 fully saturated rings. The molecule has 6 nitrogen and oxygen atoms in total. The van der Waals surface area contributed by atoms with Gasteiger partial charge in [0.2, 0.25) is 0 Å². The zero-order chi connectivity index (χ0) is 17.6. The molecule has 0 saturated carbocycles. The van der Waals surface area contributed by atoms with Gasteiger partial charge in [0.15, 0.2) is 11.5 Å². The van der Waals surface area contributed by atoms with Crippen molar-refractivity contribution in [2.45, 2.75) is 6.61 Å². The summed E-state index contributed by atoms with van der Waals surface area (Å²) in [5.41, 5.74) is 1.25. The van der Waals surface area contributed by atoms with Crippen LogP contribution in [0.5, 0.6) is 11.5 Å². The Kier molecular flexibility index (Phi) is 5.55. The summed E-state index contributed by atoms with van der Waals surface area (Å²) in [6, 6.07) is 12.2. The predicted octanol–water partition coefficient (Wildman–Crippen LogP) is 2.69. The van der Waals surface area contributed by atoms with Gasteiger partial charge in [0.25, 0.3) is 5.91 Å². The fourth-order valence-corrected chi connectivity index (χ4v) is 2.71. The summed E-state index contributed by atoms with van der Waals surface area (Å²) in [4.78, 5) is 23.7. The van der Waals surface area contributed by atoms with Crippen molar-refractivity contribution in [2.24, 2.45) is 0 Å². The van der Waals surface area contributed by atoms with E-state index in [1.165, 1.54) is 0 Å². The molecule has 0 radical (unpaired) electrons. The van der Waals surface area contributed by atoms with Gasteiger partial charge in [-0.05, 0) is 24.3 Å². The first-order chi connectivity index (χ1) is 12.1. The summed E-state index contributed by atoms with van der Waals surface area (Å²) in [6.45, 7) is 0.863. The molecule has 1 amide bonds. The number of amides is 1. The molecule has 130 valence electrons. The van der Waals surface area contributed by atoms with Crippen LogP contribution in [0.3, 0.4) is 0 Å². The predicted molar refractivity (Wildman–Crippen MR) is 93.7 cm³/mol. The maximum Gasteiger partial charge on any atom is 0.325 e. The summed E-state index contributed by atoms with van der Waals surface area (Å²) >= 11 is 3.42. The quantitative estimate of drug-likeness (QED) is 0.774. The SMILES string of the molecule is O=C(CNC(=O)c1ccccc1)OCc1cc2c(cc1Br)OCCO2. The molecule has 0 aliphatic carbocycles. The maximum absolute atomic E-state index is 11.9. The highest BCUT2D eigenvalue weighted by Crippen LogP contribution is 2.35. The lowest BCUT2D eigenvalue weighted by molar-refractivity contribution is -0.143. The minimum atomic E-state index is -0.522. The van der Waals surface area contributed by atoms with Crippen molar-refractivity contribution in [1.82, 2.24) is 5.32 Å². The molecule has 2 aromatic carbocycles. The lowest BCUT2D eigenvalue weighted by Gasteiger charge is -2.19. The molecule has 0 atom stereocenters. The Morgan fingerprint density at radius 1 is 1.08 bits per heavy atom. The number of carbonyl (C=O) groups excluding carboxylic acids is 2. The van der Waals surface area contributed by atoms with E-state index in [1.807, 2.05) is 6.07 Å². The van der Waals surface area contributed by atoms with Crippen LogP contribution in [-0.4, -0.2) is 31.6 Å². The van der Waals surface area contributed by atoms with Crippen LogP contribution in [0.2, 0.25) is 0 Å². The standard InChI is InChI=1S/C18H16BrNO5/c19-14-9-16-15(23-6-7-24-16)8-13(14)11-25-17(21)10-20-18(22)12-4-2-1-3-5-12/h1-5,8-9H,6-7,10-11H2,(H,20,22). The topological polar surface area (TPSA) is 73.9 Å². The van der Waals surface area contributed by atoms with Crippen molar-refractivity contribution >= 4 is 27.8 Å². The van der Waals surface area contributed by atoms with Crippen molar-refractivity contribution in [3.63, 3.8) is 0 Å². The fraction of sp³-hybridized carbons (Fsp3) is 0.222. The molecule has 0 unspecified atom stereocenters. The zero-order valence-corrected chi connectivity index (χ0v) is 14.9. The van der Waals surface area contributed by atoms with Gasteiger partial charge in [-0.25, -0.2) is 0 Å². The van der Waals surface area contributed by atoms with E-state index in [0.29, 0.717) is 30.3 Å². The first-order valence-electron chi connectivity index (χ1n) is 7.70. The second kappa shape index (κ2) is 8.02. The number of fused-ring (bicyclic) bond motifs is 1. The Morgan fingerprint density at radius 2 is 1.76 bits per heavy atom. The molecule has 1 heterocycles. The molecular weight excluding hydrogens is 390 g/mol. The van der Waals surface area contributed by atoms with Crippen LogP contribution in [0, 0.1) is 0 Å². The molecule has 1 aliphatic heterocycles. The van der Waals surface area contributed by atoms with Crippen molar-refractivity contribution < 1.29 is 23.8 Å². The summed E-state index contributed by atoms with van der Waals surface area (Å²) in [5, 5.41) is 2.53. The van der Waals surface area contributed by atoms with Gasteiger partial charge in [-0.1, -0.05) is 34.1 Å². The van der Waals surface area contributed by atoms with Gasteiger partial charge in [0, 0.05) is 15.6 Å². The summed E-state index contributed by atoms with van der Waals surface area (Å²) < 4.78 is 17.0. The highest BCUT2D eigenvalue weighted by atomic mass is 79.9. The third-order valence-electron chi connectivity index (χ3n) is 3.53. The monoisotopic (exact) mass is 405 g/mol. The van der Waals surface area contributed by atoms with Gasteiger partial charge < -0.3 is 19.5 Å². The molecule has 7 heteroatoms. The summed E-state index contributed by atoms with van der Waals surface area (Å²) in [6.07, 6.45) is 0. The van der Waals surface area contributed by atoms with Gasteiger partial charge in [0.1, 0.15) is 26.4 Å². The lowest BCUT2D eigenvalue weighted by atomic mass is 10.2. The number of hydrogen-bond acceptors (Lipinski definition) is 5. The normalized spacial score (nSPS) is 12.4. The Balaban J connectivity index is 1.51. The number of carbonyl (C=O) groups is 2. The van der Waals surface area contributed by atoms with Crippen molar-refractivity contribution in [2.75, 3.05) is 19.8 Å². The van der Waals surface area contributed by atoms with Crippen LogP contribution >= 0.6 is 15.9 Å². The number of halogens is 1. The first kappa shape index (κ1) is 17.3. The van der Waals surface area contributed by atoms with Crippen LogP contribution in [0.4, 0.5) is 0 Å². The van der Waals surface area contributed by atoms with E-state index in [-0.39, 0.29) is 19.1 Å². The molecule has 25 heavy (non-hydrogen) atoms. The van der Waals surface area contributed by atoms with Crippen LogP contribution in [0.1, 0.15) is 15.9 Å². The Bertz CT molecular complexity index is 779. The molecule has 1 N–H and O–H groups in total. The molecule has 0 bridgehead atoms. The number of hydrogen-bond donors (Lipinski definition) is 1. The van der Waals surface area contributed by atoms with Crippen molar-refractivity contribution in [1.29, 1.82) is 0 Å². The summed E-state index contributed by atoms with van der Waals surface area (Å²) in [5.74, 6) is 0.435. The van der Waals surface area contributed by atoms with E-state index in [1.54, 1.807) is 36.4 Å². The molecule has 0 spiro atoms. The van der Waals surface area contributed by atoms with E-state index < -0.39 is 5.97 Å². The largest absolute Gasteiger partial charge is 0.486 e. The van der Waals surface area contributed by atoms with E-state index in [4.69, 9.17) is 14.2 Å². The number of esters is 1. The third kappa shape index (κ3) is 4.51. The molecular formula is C18H16BrNO5.